The second kappa shape index (κ2) is 6.69. The molecule has 1 saturated heterocycles. The Morgan fingerprint density at radius 2 is 1.58 bits per heavy atom. The van der Waals surface area contributed by atoms with Crippen LogP contribution in [0.3, 0.4) is 0 Å². The van der Waals surface area contributed by atoms with Gasteiger partial charge in [-0.3, -0.25) is 0 Å². The number of nitrogens with two attached hydrogens (primary N) is 1. The molecule has 31 heavy (non-hydrogen) atoms. The van der Waals surface area contributed by atoms with Crippen LogP contribution in [0.1, 0.15) is 75.7 Å². The van der Waals surface area contributed by atoms with Crippen LogP contribution in [-0.2, 0) is 14.5 Å². The van der Waals surface area contributed by atoms with Crippen LogP contribution in [0, 0.1) is 29.1 Å². The molecule has 6 aliphatic rings. The molecule has 1 heterocycles. The van der Waals surface area contributed by atoms with Crippen molar-refractivity contribution in [3.05, 3.63) is 29.8 Å². The number of fused-ring (bicyclic) bond motifs is 4. The van der Waals surface area contributed by atoms with Crippen LogP contribution >= 0.6 is 0 Å². The molecule has 5 heteroatoms. The minimum atomic E-state index is -0.517. The molecule has 168 valence electrons. The lowest BCUT2D eigenvalue weighted by Crippen LogP contribution is -2.50. The van der Waals surface area contributed by atoms with E-state index in [2.05, 4.69) is 24.3 Å². The van der Waals surface area contributed by atoms with Gasteiger partial charge in [-0.05, 0) is 98.8 Å². The van der Waals surface area contributed by atoms with E-state index in [1.54, 1.807) is 0 Å². The summed E-state index contributed by atoms with van der Waals surface area (Å²) in [6.45, 7) is 1.35. The van der Waals surface area contributed by atoms with Gasteiger partial charge in [0.15, 0.2) is 0 Å². The van der Waals surface area contributed by atoms with Gasteiger partial charge in [-0.1, -0.05) is 12.1 Å². The van der Waals surface area contributed by atoms with Gasteiger partial charge in [0.05, 0.1) is 6.61 Å². The van der Waals surface area contributed by atoms with Gasteiger partial charge in [0, 0.05) is 24.7 Å². The first-order valence-electron chi connectivity index (χ1n) is 12.6. The molecule has 3 bridgehead atoms. The Kier molecular flexibility index (Phi) is 4.17. The topological polar surface area (TPSA) is 62.9 Å². The number of benzene rings is 1. The quantitative estimate of drug-likeness (QED) is 0.537. The fraction of sp³-hybridized carbons (Fsp3) is 0.769. The van der Waals surface area contributed by atoms with Crippen molar-refractivity contribution in [2.75, 3.05) is 13.2 Å². The smallest absolute Gasteiger partial charge is 0.210 e. The highest BCUT2D eigenvalue weighted by Crippen LogP contribution is 2.79. The van der Waals surface area contributed by atoms with Gasteiger partial charge in [0.1, 0.15) is 5.75 Å². The molecule has 5 aliphatic carbocycles. The van der Waals surface area contributed by atoms with E-state index < -0.39 is 11.6 Å². The van der Waals surface area contributed by atoms with Crippen LogP contribution in [0.2, 0.25) is 0 Å². The maximum absolute atomic E-state index is 6.93. The average molecular weight is 426 g/mol. The Balaban J connectivity index is 1.01. The zero-order valence-electron chi connectivity index (χ0n) is 18.4. The van der Waals surface area contributed by atoms with E-state index in [1.165, 1.54) is 37.7 Å². The van der Waals surface area contributed by atoms with Gasteiger partial charge in [-0.25, -0.2) is 0 Å². The molecule has 4 unspecified atom stereocenters. The second-order valence-electron chi connectivity index (χ2n) is 11.4. The summed E-state index contributed by atoms with van der Waals surface area (Å²) in [6, 6.07) is 8.63. The zero-order chi connectivity index (χ0) is 20.7. The Bertz CT molecular complexity index is 821. The highest BCUT2D eigenvalue weighted by atomic mass is 17.3. The fourth-order valence-corrected chi connectivity index (χ4v) is 8.57. The van der Waals surface area contributed by atoms with Crippen molar-refractivity contribution >= 4 is 0 Å². The van der Waals surface area contributed by atoms with Crippen molar-refractivity contribution in [1.29, 1.82) is 0 Å². The molecule has 0 aromatic heterocycles. The monoisotopic (exact) mass is 425 g/mol. The number of hydrogen-bond acceptors (Lipinski definition) is 5. The van der Waals surface area contributed by atoms with Gasteiger partial charge in [0.25, 0.3) is 0 Å². The first kappa shape index (κ1) is 19.3. The van der Waals surface area contributed by atoms with Crippen molar-refractivity contribution < 1.29 is 19.2 Å². The van der Waals surface area contributed by atoms with Crippen molar-refractivity contribution in [3.63, 3.8) is 0 Å². The first-order chi connectivity index (χ1) is 15.1. The Labute approximate surface area is 184 Å². The molecule has 2 N–H and O–H groups in total. The predicted molar refractivity (Wildman–Crippen MR) is 115 cm³/mol. The Morgan fingerprint density at radius 1 is 0.903 bits per heavy atom. The van der Waals surface area contributed by atoms with E-state index >= 15 is 0 Å². The molecule has 4 atom stereocenters. The SMILES string of the molecule is NCCCOc1ccc([C@H]2CC[C@]3(CC2)OO[C@]2(O3)C3CC4CC5CC2CC45C3)cc1. The molecular formula is C26H35NO4. The molecule has 1 aromatic rings. The summed E-state index contributed by atoms with van der Waals surface area (Å²) < 4.78 is 12.7. The number of hydrogen-bond donors (Lipinski definition) is 1. The minimum absolute atomic E-state index is 0.442. The van der Waals surface area contributed by atoms with E-state index in [9.17, 15) is 0 Å². The lowest BCUT2D eigenvalue weighted by molar-refractivity contribution is -0.374. The molecule has 1 aliphatic heterocycles. The van der Waals surface area contributed by atoms with Crippen LogP contribution in [0.25, 0.3) is 0 Å². The van der Waals surface area contributed by atoms with Crippen LogP contribution in [0.5, 0.6) is 5.75 Å². The third kappa shape index (κ3) is 2.64. The van der Waals surface area contributed by atoms with Crippen molar-refractivity contribution in [1.82, 2.24) is 0 Å². The molecule has 3 spiro atoms. The molecule has 0 amide bonds. The highest BCUT2D eigenvalue weighted by Gasteiger charge is 2.77. The van der Waals surface area contributed by atoms with Crippen molar-refractivity contribution in [3.8, 4) is 5.75 Å². The molecule has 7 rings (SSSR count). The lowest BCUT2D eigenvalue weighted by Gasteiger charge is -2.49. The van der Waals surface area contributed by atoms with E-state index in [1.807, 2.05) is 0 Å². The summed E-state index contributed by atoms with van der Waals surface area (Å²) in [4.78, 5) is 12.4. The van der Waals surface area contributed by atoms with Crippen LogP contribution < -0.4 is 10.5 Å². The third-order valence-electron chi connectivity index (χ3n) is 10.1. The van der Waals surface area contributed by atoms with Gasteiger partial charge >= 0.3 is 0 Å². The van der Waals surface area contributed by atoms with Gasteiger partial charge in [0.2, 0.25) is 11.6 Å². The van der Waals surface area contributed by atoms with Gasteiger partial charge in [-0.15, -0.1) is 0 Å². The predicted octanol–water partition coefficient (Wildman–Crippen LogP) is 4.90. The van der Waals surface area contributed by atoms with E-state index in [-0.39, 0.29) is 0 Å². The highest BCUT2D eigenvalue weighted by molar-refractivity contribution is 5.30. The summed E-state index contributed by atoms with van der Waals surface area (Å²) in [5.41, 5.74) is 7.60. The van der Waals surface area contributed by atoms with Crippen molar-refractivity contribution in [2.45, 2.75) is 81.7 Å². The number of ether oxygens (including phenoxy) is 2. The standard InChI is InChI=1S/C26H35NO4/c27-10-1-11-28-23-4-2-17(3-5-23)18-6-8-25(9-7-18)29-26(31-30-25)21-13-19-12-20-14-22(26)16-24(19,20)15-21/h2-5,18-22H,1,6-16,27H2/t18-,19?,20?,21?,22?,24?,25+,26?. The largest absolute Gasteiger partial charge is 0.494 e. The van der Waals surface area contributed by atoms with E-state index in [0.29, 0.717) is 36.3 Å². The van der Waals surface area contributed by atoms with Gasteiger partial charge in [-0.2, -0.15) is 9.78 Å². The van der Waals surface area contributed by atoms with Crippen LogP contribution in [0.4, 0.5) is 0 Å². The Hall–Kier alpha value is -1.14. The summed E-state index contributed by atoms with van der Waals surface area (Å²) in [7, 11) is 0. The minimum Gasteiger partial charge on any atom is -0.494 e. The van der Waals surface area contributed by atoms with Gasteiger partial charge < -0.3 is 15.2 Å². The molecule has 0 radical (unpaired) electrons. The second-order valence-corrected chi connectivity index (χ2v) is 11.4. The molecule has 6 fully saturated rings. The summed E-state index contributed by atoms with van der Waals surface area (Å²) in [5, 5.41) is 0. The van der Waals surface area contributed by atoms with E-state index in [0.717, 1.165) is 49.7 Å². The molecular weight excluding hydrogens is 390 g/mol. The molecule has 1 aromatic carbocycles. The Morgan fingerprint density at radius 3 is 2.26 bits per heavy atom. The fourth-order valence-electron chi connectivity index (χ4n) is 8.57. The van der Waals surface area contributed by atoms with Crippen LogP contribution in [0.15, 0.2) is 24.3 Å². The van der Waals surface area contributed by atoms with Crippen molar-refractivity contribution in [2.24, 2.45) is 34.8 Å². The maximum Gasteiger partial charge on any atom is 0.210 e. The zero-order valence-corrected chi connectivity index (χ0v) is 18.4. The first-order valence-corrected chi connectivity index (χ1v) is 12.6. The summed E-state index contributed by atoms with van der Waals surface area (Å²) >= 11 is 0. The molecule has 5 saturated carbocycles. The normalized spacial score (nSPS) is 49.0. The van der Waals surface area contributed by atoms with E-state index in [4.69, 9.17) is 25.0 Å². The maximum atomic E-state index is 6.93. The third-order valence-corrected chi connectivity index (χ3v) is 10.1. The lowest BCUT2D eigenvalue weighted by atomic mass is 9.56. The summed E-state index contributed by atoms with van der Waals surface area (Å²) in [5.74, 6) is 3.50. The van der Waals surface area contributed by atoms with Crippen LogP contribution in [-0.4, -0.2) is 24.7 Å². The average Bonchev–Trinajstić information content (AvgIpc) is 3.37. The molecule has 5 nitrogen and oxygen atoms in total. The number of rotatable bonds is 5. The summed E-state index contributed by atoms with van der Waals surface area (Å²) in [6.07, 6.45) is 11.6.